The summed E-state index contributed by atoms with van der Waals surface area (Å²) in [5.41, 5.74) is 0.245. The molecule has 7 nitrogen and oxygen atoms in total. The average molecular weight is 292 g/mol. The van der Waals surface area contributed by atoms with E-state index in [0.717, 1.165) is 12.3 Å². The van der Waals surface area contributed by atoms with Crippen molar-refractivity contribution in [2.24, 2.45) is 0 Å². The molecule has 1 N–H and O–H groups in total. The van der Waals surface area contributed by atoms with Crippen molar-refractivity contribution in [2.75, 3.05) is 11.9 Å². The number of hydrogen-bond donors (Lipinski definition) is 1. The molecule has 2 rings (SSSR count). The topological polar surface area (TPSA) is 90.2 Å². The number of benzene rings is 1. The molecular weight excluding hydrogens is 279 g/mol. The first-order valence-electron chi connectivity index (χ1n) is 6.20. The highest BCUT2D eigenvalue weighted by molar-refractivity contribution is 5.46. The van der Waals surface area contributed by atoms with Gasteiger partial charge in [0, 0.05) is 12.6 Å². The molecule has 0 bridgehead atoms. The molecule has 0 aliphatic rings. The third-order valence-corrected chi connectivity index (χ3v) is 2.62. The highest BCUT2D eigenvalue weighted by atomic mass is 19.1. The van der Waals surface area contributed by atoms with Crippen molar-refractivity contribution in [1.29, 1.82) is 0 Å². The number of halogens is 1. The fraction of sp³-hybridized carbons (Fsp3) is 0.231. The molecule has 8 heteroatoms. The number of rotatable bonds is 5. The van der Waals surface area contributed by atoms with Crippen molar-refractivity contribution < 1.29 is 14.1 Å². The van der Waals surface area contributed by atoms with Gasteiger partial charge in [-0.2, -0.15) is 4.98 Å². The van der Waals surface area contributed by atoms with Crippen LogP contribution in [0.15, 0.2) is 24.4 Å². The zero-order chi connectivity index (χ0) is 15.4. The third-order valence-electron chi connectivity index (χ3n) is 2.62. The van der Waals surface area contributed by atoms with E-state index in [-0.39, 0.29) is 23.3 Å². The lowest BCUT2D eigenvalue weighted by Crippen LogP contribution is -2.05. The lowest BCUT2D eigenvalue weighted by Gasteiger charge is -2.09. The van der Waals surface area contributed by atoms with Crippen LogP contribution in [0.25, 0.3) is 0 Å². The molecule has 110 valence electrons. The Labute approximate surface area is 120 Å². The number of aromatic nitrogens is 2. The Bertz CT molecular complexity index is 678. The van der Waals surface area contributed by atoms with Crippen LogP contribution in [0.4, 0.5) is 16.0 Å². The molecule has 0 unspecified atom stereocenters. The summed E-state index contributed by atoms with van der Waals surface area (Å²) in [5.74, 6) is -0.370. The maximum Gasteiger partial charge on any atom is 0.349 e. The van der Waals surface area contributed by atoms with E-state index < -0.39 is 10.7 Å². The standard InChI is InChI=1S/C13H13FN4O3/c1-3-15-13-16-7-10(18(19)20)12(17-13)21-11-6-9(14)5-4-8(11)2/h4-7H,3H2,1-2H3,(H,15,16,17). The fourth-order valence-corrected chi connectivity index (χ4v) is 1.59. The maximum absolute atomic E-state index is 13.3. The first kappa shape index (κ1) is 14.6. The van der Waals surface area contributed by atoms with Crippen LogP contribution in [-0.4, -0.2) is 21.4 Å². The van der Waals surface area contributed by atoms with Crippen molar-refractivity contribution in [1.82, 2.24) is 9.97 Å². The minimum Gasteiger partial charge on any atom is -0.433 e. The predicted octanol–water partition coefficient (Wildman–Crippen LogP) is 3.06. The number of nitrogens with zero attached hydrogens (tertiary/aromatic N) is 3. The van der Waals surface area contributed by atoms with E-state index in [4.69, 9.17) is 4.74 Å². The molecule has 21 heavy (non-hydrogen) atoms. The highest BCUT2D eigenvalue weighted by Crippen LogP contribution is 2.31. The Kier molecular flexibility index (Phi) is 4.27. The Hall–Kier alpha value is -2.77. The summed E-state index contributed by atoms with van der Waals surface area (Å²) in [5, 5.41) is 13.8. The van der Waals surface area contributed by atoms with E-state index in [1.54, 1.807) is 6.92 Å². The normalized spacial score (nSPS) is 10.2. The van der Waals surface area contributed by atoms with E-state index in [9.17, 15) is 14.5 Å². The van der Waals surface area contributed by atoms with E-state index in [1.807, 2.05) is 6.92 Å². The Morgan fingerprint density at radius 2 is 2.24 bits per heavy atom. The number of ether oxygens (including phenoxy) is 1. The molecule has 2 aromatic rings. The van der Waals surface area contributed by atoms with Gasteiger partial charge in [0.25, 0.3) is 0 Å². The summed E-state index contributed by atoms with van der Waals surface area (Å²) < 4.78 is 18.6. The minimum atomic E-state index is -0.653. The second kappa shape index (κ2) is 6.12. The summed E-state index contributed by atoms with van der Waals surface area (Å²) in [6, 6.07) is 3.94. The maximum atomic E-state index is 13.3. The second-order valence-corrected chi connectivity index (χ2v) is 4.18. The van der Waals surface area contributed by atoms with Gasteiger partial charge in [0.1, 0.15) is 17.8 Å². The predicted molar refractivity (Wildman–Crippen MR) is 74.1 cm³/mol. The molecule has 0 amide bonds. The lowest BCUT2D eigenvalue weighted by atomic mass is 10.2. The monoisotopic (exact) mass is 292 g/mol. The third kappa shape index (κ3) is 3.41. The van der Waals surface area contributed by atoms with Crippen molar-refractivity contribution >= 4 is 11.6 Å². The number of aryl methyl sites for hydroxylation is 1. The van der Waals surface area contributed by atoms with Crippen LogP contribution in [0.3, 0.4) is 0 Å². The molecule has 0 aliphatic carbocycles. The zero-order valence-electron chi connectivity index (χ0n) is 11.5. The molecule has 1 aromatic carbocycles. The van der Waals surface area contributed by atoms with Crippen molar-refractivity contribution in [3.63, 3.8) is 0 Å². The van der Waals surface area contributed by atoms with Crippen LogP contribution < -0.4 is 10.1 Å². The fourth-order valence-electron chi connectivity index (χ4n) is 1.59. The Balaban J connectivity index is 2.43. The summed E-state index contributed by atoms with van der Waals surface area (Å²) in [6.45, 7) is 4.09. The van der Waals surface area contributed by atoms with Crippen molar-refractivity contribution in [3.8, 4) is 11.6 Å². The van der Waals surface area contributed by atoms with Crippen molar-refractivity contribution in [2.45, 2.75) is 13.8 Å². The van der Waals surface area contributed by atoms with Gasteiger partial charge >= 0.3 is 11.6 Å². The molecule has 0 saturated carbocycles. The Morgan fingerprint density at radius 1 is 1.48 bits per heavy atom. The minimum absolute atomic E-state index is 0.166. The number of anilines is 1. The summed E-state index contributed by atoms with van der Waals surface area (Å²) in [6.07, 6.45) is 1.05. The molecule has 0 fully saturated rings. The van der Waals surface area contributed by atoms with Gasteiger partial charge in [0.2, 0.25) is 5.95 Å². The van der Waals surface area contributed by atoms with E-state index in [0.29, 0.717) is 12.1 Å². The Morgan fingerprint density at radius 3 is 2.90 bits per heavy atom. The smallest absolute Gasteiger partial charge is 0.349 e. The van der Waals surface area contributed by atoms with E-state index >= 15 is 0 Å². The number of nitrogens with one attached hydrogen (secondary N) is 1. The van der Waals surface area contributed by atoms with Crippen molar-refractivity contribution in [3.05, 3.63) is 45.9 Å². The quantitative estimate of drug-likeness (QED) is 0.672. The largest absolute Gasteiger partial charge is 0.433 e. The molecule has 0 atom stereocenters. The van der Waals surface area contributed by atoms with Gasteiger partial charge in [0.05, 0.1) is 4.92 Å². The van der Waals surface area contributed by atoms with Gasteiger partial charge in [-0.05, 0) is 25.5 Å². The van der Waals surface area contributed by atoms with Gasteiger partial charge in [0.15, 0.2) is 0 Å². The first-order valence-corrected chi connectivity index (χ1v) is 6.20. The van der Waals surface area contributed by atoms with Gasteiger partial charge in [-0.3, -0.25) is 10.1 Å². The first-order chi connectivity index (χ1) is 10.0. The van der Waals surface area contributed by atoms with Gasteiger partial charge in [-0.25, -0.2) is 9.37 Å². The summed E-state index contributed by atoms with van der Waals surface area (Å²) in [4.78, 5) is 18.1. The van der Waals surface area contributed by atoms with Gasteiger partial charge in [-0.15, -0.1) is 0 Å². The van der Waals surface area contributed by atoms with Crippen LogP contribution in [0, 0.1) is 22.9 Å². The van der Waals surface area contributed by atoms with Crippen LogP contribution in [0.2, 0.25) is 0 Å². The van der Waals surface area contributed by atoms with Crippen LogP contribution in [-0.2, 0) is 0 Å². The SMILES string of the molecule is CCNc1ncc([N+](=O)[O-])c(Oc2cc(F)ccc2C)n1. The average Bonchev–Trinajstić information content (AvgIpc) is 2.43. The van der Waals surface area contributed by atoms with Crippen LogP contribution in [0.5, 0.6) is 11.6 Å². The molecule has 0 aliphatic heterocycles. The molecule has 0 saturated heterocycles. The molecule has 0 radical (unpaired) electrons. The second-order valence-electron chi connectivity index (χ2n) is 4.18. The summed E-state index contributed by atoms with van der Waals surface area (Å²) >= 11 is 0. The lowest BCUT2D eigenvalue weighted by molar-refractivity contribution is -0.386. The molecule has 1 aromatic heterocycles. The van der Waals surface area contributed by atoms with E-state index in [2.05, 4.69) is 15.3 Å². The molecule has 0 spiro atoms. The number of nitro groups is 1. The van der Waals surface area contributed by atoms with Crippen LogP contribution >= 0.6 is 0 Å². The van der Waals surface area contributed by atoms with E-state index in [1.165, 1.54) is 12.1 Å². The zero-order valence-corrected chi connectivity index (χ0v) is 11.5. The molecular formula is C13H13FN4O3. The number of hydrogen-bond acceptors (Lipinski definition) is 6. The highest BCUT2D eigenvalue weighted by Gasteiger charge is 2.20. The van der Waals surface area contributed by atoms with Gasteiger partial charge in [-0.1, -0.05) is 6.07 Å². The van der Waals surface area contributed by atoms with Gasteiger partial charge < -0.3 is 10.1 Å². The molecule has 1 heterocycles. The summed E-state index contributed by atoms with van der Waals surface area (Å²) in [7, 11) is 0. The van der Waals surface area contributed by atoms with Crippen LogP contribution in [0.1, 0.15) is 12.5 Å².